The molecule has 2 atom stereocenters. The number of aliphatic hydroxyl groups is 1. The van der Waals surface area contributed by atoms with Gasteiger partial charge in [-0.05, 0) is 31.0 Å². The molecule has 0 spiro atoms. The molecule has 19 heavy (non-hydrogen) atoms. The number of rotatable bonds is 6. The Morgan fingerprint density at radius 2 is 2.11 bits per heavy atom. The van der Waals surface area contributed by atoms with Gasteiger partial charge in [-0.15, -0.1) is 6.58 Å². The number of fused-ring (bicyclic) bond motifs is 1. The van der Waals surface area contributed by atoms with Crippen LogP contribution in [0.5, 0.6) is 11.5 Å². The van der Waals surface area contributed by atoms with Gasteiger partial charge in [-0.1, -0.05) is 12.1 Å². The molecule has 0 bridgehead atoms. The number of benzene rings is 1. The Labute approximate surface area is 114 Å². The maximum Gasteiger partial charge on any atom is 0.161 e. The zero-order chi connectivity index (χ0) is 13.7. The second-order valence-electron chi connectivity index (χ2n) is 4.75. The van der Waals surface area contributed by atoms with Crippen molar-refractivity contribution in [2.75, 3.05) is 19.8 Å². The van der Waals surface area contributed by atoms with E-state index in [4.69, 9.17) is 9.47 Å². The van der Waals surface area contributed by atoms with Crippen molar-refractivity contribution in [3.63, 3.8) is 0 Å². The molecule has 1 aromatic carbocycles. The summed E-state index contributed by atoms with van der Waals surface area (Å²) in [5, 5.41) is 13.4. The van der Waals surface area contributed by atoms with Crippen molar-refractivity contribution in [2.24, 2.45) is 0 Å². The first-order chi connectivity index (χ1) is 9.20. The van der Waals surface area contributed by atoms with Crippen LogP contribution in [0, 0.1) is 0 Å². The molecular formula is C15H21NO3. The van der Waals surface area contributed by atoms with Crippen molar-refractivity contribution >= 4 is 0 Å². The van der Waals surface area contributed by atoms with Gasteiger partial charge in [0.25, 0.3) is 0 Å². The molecule has 0 aromatic heterocycles. The van der Waals surface area contributed by atoms with Gasteiger partial charge in [0, 0.05) is 12.6 Å². The van der Waals surface area contributed by atoms with E-state index in [1.54, 1.807) is 0 Å². The summed E-state index contributed by atoms with van der Waals surface area (Å²) in [5.41, 5.74) is 0.836. The molecule has 0 amide bonds. The van der Waals surface area contributed by atoms with Gasteiger partial charge in [-0.25, -0.2) is 0 Å². The first-order valence-corrected chi connectivity index (χ1v) is 6.62. The predicted molar refractivity (Wildman–Crippen MR) is 74.7 cm³/mol. The Morgan fingerprint density at radius 3 is 2.84 bits per heavy atom. The molecule has 2 unspecified atom stereocenters. The number of hydrogen-bond donors (Lipinski definition) is 2. The first-order valence-electron chi connectivity index (χ1n) is 6.62. The standard InChI is InChI=1S/C15H21NO3/c1-3-4-11(2)16-10-13(17)12-5-6-14-15(9-12)19-8-7-18-14/h3,5-6,9,11,13,16-17H,1,4,7-8,10H2,2H3. The topological polar surface area (TPSA) is 50.7 Å². The van der Waals surface area contributed by atoms with Gasteiger partial charge in [0.15, 0.2) is 11.5 Å². The number of nitrogens with one attached hydrogen (secondary N) is 1. The summed E-state index contributed by atoms with van der Waals surface area (Å²) >= 11 is 0. The summed E-state index contributed by atoms with van der Waals surface area (Å²) < 4.78 is 11.0. The molecule has 1 heterocycles. The van der Waals surface area contributed by atoms with E-state index >= 15 is 0 Å². The van der Waals surface area contributed by atoms with Crippen LogP contribution < -0.4 is 14.8 Å². The zero-order valence-corrected chi connectivity index (χ0v) is 11.3. The smallest absolute Gasteiger partial charge is 0.161 e. The molecule has 2 N–H and O–H groups in total. The maximum absolute atomic E-state index is 10.2. The fraction of sp³-hybridized carbons (Fsp3) is 0.467. The lowest BCUT2D eigenvalue weighted by Gasteiger charge is -2.21. The second-order valence-corrected chi connectivity index (χ2v) is 4.75. The van der Waals surface area contributed by atoms with Crippen molar-refractivity contribution < 1.29 is 14.6 Å². The second kappa shape index (κ2) is 6.59. The van der Waals surface area contributed by atoms with Crippen LogP contribution >= 0.6 is 0 Å². The Kier molecular flexibility index (Phi) is 4.82. The Bertz CT molecular complexity index is 433. The highest BCUT2D eigenvalue weighted by Crippen LogP contribution is 2.32. The van der Waals surface area contributed by atoms with Gasteiger partial charge in [-0.3, -0.25) is 0 Å². The van der Waals surface area contributed by atoms with E-state index in [-0.39, 0.29) is 0 Å². The van der Waals surface area contributed by atoms with Crippen LogP contribution in [-0.4, -0.2) is 30.9 Å². The molecule has 0 saturated carbocycles. The zero-order valence-electron chi connectivity index (χ0n) is 11.3. The Morgan fingerprint density at radius 1 is 1.37 bits per heavy atom. The average Bonchev–Trinajstić information content (AvgIpc) is 2.44. The summed E-state index contributed by atoms with van der Waals surface area (Å²) in [4.78, 5) is 0. The summed E-state index contributed by atoms with van der Waals surface area (Å²) in [6, 6.07) is 5.88. The molecule has 0 saturated heterocycles. The van der Waals surface area contributed by atoms with E-state index in [0.29, 0.717) is 31.5 Å². The van der Waals surface area contributed by atoms with Gasteiger partial charge < -0.3 is 19.9 Å². The lowest BCUT2D eigenvalue weighted by Crippen LogP contribution is -2.30. The van der Waals surface area contributed by atoms with Crippen LogP contribution in [0.3, 0.4) is 0 Å². The summed E-state index contributed by atoms with van der Waals surface area (Å²) in [7, 11) is 0. The summed E-state index contributed by atoms with van der Waals surface area (Å²) in [5.74, 6) is 1.46. The fourth-order valence-corrected chi connectivity index (χ4v) is 2.03. The van der Waals surface area contributed by atoms with Gasteiger partial charge in [0.2, 0.25) is 0 Å². The molecule has 0 fully saturated rings. The fourth-order valence-electron chi connectivity index (χ4n) is 2.03. The molecule has 2 rings (SSSR count). The van der Waals surface area contributed by atoms with Crippen molar-refractivity contribution in [3.05, 3.63) is 36.4 Å². The van der Waals surface area contributed by atoms with Crippen LogP contribution in [0.25, 0.3) is 0 Å². The number of hydrogen-bond acceptors (Lipinski definition) is 4. The molecule has 0 radical (unpaired) electrons. The van der Waals surface area contributed by atoms with Crippen molar-refractivity contribution in [1.29, 1.82) is 0 Å². The quantitative estimate of drug-likeness (QED) is 0.771. The van der Waals surface area contributed by atoms with E-state index in [9.17, 15) is 5.11 Å². The molecule has 1 aliphatic rings. The van der Waals surface area contributed by atoms with E-state index in [0.717, 1.165) is 17.7 Å². The summed E-state index contributed by atoms with van der Waals surface area (Å²) in [6.45, 7) is 7.41. The number of aliphatic hydroxyl groups excluding tert-OH is 1. The lowest BCUT2D eigenvalue weighted by atomic mass is 10.1. The minimum absolute atomic E-state index is 0.310. The molecule has 1 aliphatic heterocycles. The first kappa shape index (κ1) is 13.9. The predicted octanol–water partition coefficient (Wildman–Crippen LogP) is 2.05. The molecule has 1 aromatic rings. The maximum atomic E-state index is 10.2. The minimum Gasteiger partial charge on any atom is -0.486 e. The third-order valence-electron chi connectivity index (χ3n) is 3.13. The third kappa shape index (κ3) is 3.72. The van der Waals surface area contributed by atoms with E-state index < -0.39 is 6.10 Å². The van der Waals surface area contributed by atoms with Gasteiger partial charge in [0.1, 0.15) is 13.2 Å². The highest BCUT2D eigenvalue weighted by molar-refractivity contribution is 5.44. The van der Waals surface area contributed by atoms with E-state index in [1.165, 1.54) is 0 Å². The molecular weight excluding hydrogens is 242 g/mol. The minimum atomic E-state index is -0.553. The van der Waals surface area contributed by atoms with E-state index in [1.807, 2.05) is 24.3 Å². The monoisotopic (exact) mass is 263 g/mol. The van der Waals surface area contributed by atoms with Gasteiger partial charge >= 0.3 is 0 Å². The van der Waals surface area contributed by atoms with Crippen molar-refractivity contribution in [1.82, 2.24) is 5.32 Å². The Hall–Kier alpha value is -1.52. The average molecular weight is 263 g/mol. The molecule has 0 aliphatic carbocycles. The Balaban J connectivity index is 1.95. The van der Waals surface area contributed by atoms with Gasteiger partial charge in [0.05, 0.1) is 6.10 Å². The summed E-state index contributed by atoms with van der Waals surface area (Å²) in [6.07, 6.45) is 2.20. The van der Waals surface area contributed by atoms with Gasteiger partial charge in [-0.2, -0.15) is 0 Å². The normalized spacial score (nSPS) is 16.7. The number of ether oxygens (including phenoxy) is 2. The SMILES string of the molecule is C=CCC(C)NCC(O)c1ccc2c(c1)OCCO2. The highest BCUT2D eigenvalue weighted by atomic mass is 16.6. The van der Waals surface area contributed by atoms with Crippen LogP contribution in [0.1, 0.15) is 25.0 Å². The van der Waals surface area contributed by atoms with Crippen molar-refractivity contribution in [3.8, 4) is 11.5 Å². The molecule has 4 heteroatoms. The van der Waals surface area contributed by atoms with Crippen LogP contribution in [-0.2, 0) is 0 Å². The third-order valence-corrected chi connectivity index (χ3v) is 3.13. The highest BCUT2D eigenvalue weighted by Gasteiger charge is 2.15. The molecule has 104 valence electrons. The van der Waals surface area contributed by atoms with Crippen LogP contribution in [0.4, 0.5) is 0 Å². The van der Waals surface area contributed by atoms with Crippen molar-refractivity contribution in [2.45, 2.75) is 25.5 Å². The lowest BCUT2D eigenvalue weighted by molar-refractivity contribution is 0.161. The van der Waals surface area contributed by atoms with E-state index in [2.05, 4.69) is 18.8 Å². The molecule has 4 nitrogen and oxygen atoms in total. The largest absolute Gasteiger partial charge is 0.486 e. The van der Waals surface area contributed by atoms with Crippen LogP contribution in [0.15, 0.2) is 30.9 Å². The van der Waals surface area contributed by atoms with Crippen LogP contribution in [0.2, 0.25) is 0 Å².